The Morgan fingerprint density at radius 3 is 2.21 bits per heavy atom. The molecule has 0 atom stereocenters. The Morgan fingerprint density at radius 2 is 1.67 bits per heavy atom. The van der Waals surface area contributed by atoms with E-state index in [4.69, 9.17) is 9.90 Å². The summed E-state index contributed by atoms with van der Waals surface area (Å²) in [4.78, 5) is 40.6. The molecule has 1 aliphatic rings. The minimum atomic E-state index is -5.08. The highest BCUT2D eigenvalue weighted by Gasteiger charge is 2.38. The van der Waals surface area contributed by atoms with Crippen LogP contribution in [0.2, 0.25) is 0 Å². The minimum Gasteiger partial charge on any atom is -0.475 e. The van der Waals surface area contributed by atoms with Crippen LogP contribution in [0.25, 0.3) is 16.9 Å². The summed E-state index contributed by atoms with van der Waals surface area (Å²) in [7, 11) is 2.97. The molecule has 2 aromatic heterocycles. The van der Waals surface area contributed by atoms with Gasteiger partial charge < -0.3 is 15.3 Å². The molecule has 0 unspecified atom stereocenters. The molecule has 1 aromatic carbocycles. The number of fused-ring (bicyclic) bond motifs is 1. The Hall–Kier alpha value is -3.68. The van der Waals surface area contributed by atoms with Crippen LogP contribution < -0.4 is 21.5 Å². The first-order valence-electron chi connectivity index (χ1n) is 9.64. The summed E-state index contributed by atoms with van der Waals surface area (Å²) in [5, 5.41) is 10.4. The maximum Gasteiger partial charge on any atom is 0.490 e. The van der Waals surface area contributed by atoms with Gasteiger partial charge >= 0.3 is 17.8 Å². The highest BCUT2D eigenvalue weighted by molar-refractivity contribution is 5.78. The van der Waals surface area contributed by atoms with Gasteiger partial charge in [-0.15, -0.1) is 0 Å². The number of piperazine rings is 1. The summed E-state index contributed by atoms with van der Waals surface area (Å²) in [6, 6.07) is 6.25. The lowest BCUT2D eigenvalue weighted by atomic mass is 10.3. The van der Waals surface area contributed by atoms with Crippen molar-refractivity contribution < 1.29 is 27.5 Å². The molecule has 3 heterocycles. The third-order valence-electron chi connectivity index (χ3n) is 4.98. The van der Waals surface area contributed by atoms with Crippen LogP contribution in [0, 0.1) is 5.82 Å². The second-order valence-electron chi connectivity index (χ2n) is 7.12. The largest absolute Gasteiger partial charge is 0.490 e. The van der Waals surface area contributed by atoms with Crippen LogP contribution in [0.5, 0.6) is 0 Å². The van der Waals surface area contributed by atoms with Gasteiger partial charge in [-0.05, 0) is 12.1 Å². The maximum absolute atomic E-state index is 14.6. The number of para-hydroxylation sites is 1. The summed E-state index contributed by atoms with van der Waals surface area (Å²) in [6.07, 6.45) is -5.08. The molecule has 14 heteroatoms. The van der Waals surface area contributed by atoms with Crippen molar-refractivity contribution in [2.75, 3.05) is 31.1 Å². The van der Waals surface area contributed by atoms with Gasteiger partial charge in [-0.2, -0.15) is 18.2 Å². The SMILES string of the molecule is Cn1c(=O)c2c(nc(N3CCNCC3)n2-c2ccccc2F)n(C)c1=O.O=C(O)C(F)(F)F. The predicted octanol–water partition coefficient (Wildman–Crippen LogP) is 0.605. The van der Waals surface area contributed by atoms with Crippen molar-refractivity contribution in [1.82, 2.24) is 24.0 Å². The van der Waals surface area contributed by atoms with Crippen molar-refractivity contribution in [2.24, 2.45) is 14.1 Å². The van der Waals surface area contributed by atoms with Crippen LogP contribution in [-0.4, -0.2) is 62.1 Å². The molecule has 0 amide bonds. The average Bonchev–Trinajstić information content (AvgIpc) is 3.17. The quantitative estimate of drug-likeness (QED) is 0.525. The number of halogens is 4. The van der Waals surface area contributed by atoms with Gasteiger partial charge in [0.25, 0.3) is 5.56 Å². The van der Waals surface area contributed by atoms with Crippen LogP contribution in [0.3, 0.4) is 0 Å². The zero-order chi connectivity index (χ0) is 24.5. The summed E-state index contributed by atoms with van der Waals surface area (Å²) in [5.74, 6) is -2.75. The fraction of sp³-hybridized carbons (Fsp3) is 0.368. The molecular formula is C19H20F4N6O4. The zero-order valence-corrected chi connectivity index (χ0v) is 17.6. The van der Waals surface area contributed by atoms with Crippen molar-refractivity contribution >= 4 is 23.1 Å². The standard InChI is InChI=1S/C17H19FN6O2.C2HF3O2/c1-21-14-13(15(25)22(2)17(21)26)24(12-6-4-3-5-11(12)18)16(20-14)23-9-7-19-8-10-23;3-2(4,5)1(6)7/h3-6,19H,7-10H2,1-2H3;(H,6,7). The normalized spacial score (nSPS) is 14.2. The number of aromatic nitrogens is 4. The van der Waals surface area contributed by atoms with Gasteiger partial charge in [-0.3, -0.25) is 18.5 Å². The van der Waals surface area contributed by atoms with Crippen molar-refractivity contribution in [3.8, 4) is 5.69 Å². The van der Waals surface area contributed by atoms with Crippen LogP contribution in [0.4, 0.5) is 23.5 Å². The topological polar surface area (TPSA) is 114 Å². The number of alkyl halides is 3. The van der Waals surface area contributed by atoms with Crippen molar-refractivity contribution in [2.45, 2.75) is 6.18 Å². The number of anilines is 1. The van der Waals surface area contributed by atoms with E-state index in [-0.39, 0.29) is 16.9 Å². The van der Waals surface area contributed by atoms with Gasteiger partial charge in [0.1, 0.15) is 5.82 Å². The molecule has 3 aromatic rings. The molecule has 0 aliphatic carbocycles. The van der Waals surface area contributed by atoms with Crippen LogP contribution >= 0.6 is 0 Å². The van der Waals surface area contributed by atoms with E-state index in [1.807, 2.05) is 4.90 Å². The number of imidazole rings is 1. The highest BCUT2D eigenvalue weighted by Crippen LogP contribution is 2.26. The van der Waals surface area contributed by atoms with Gasteiger partial charge in [-0.1, -0.05) is 12.1 Å². The number of rotatable bonds is 2. The number of hydrogen-bond acceptors (Lipinski definition) is 6. The molecule has 0 radical (unpaired) electrons. The first-order valence-corrected chi connectivity index (χ1v) is 9.64. The highest BCUT2D eigenvalue weighted by atomic mass is 19.4. The third kappa shape index (κ3) is 4.60. The van der Waals surface area contributed by atoms with Crippen molar-refractivity contribution in [1.29, 1.82) is 0 Å². The van der Waals surface area contributed by atoms with Gasteiger partial charge in [0.05, 0.1) is 5.69 Å². The molecule has 10 nitrogen and oxygen atoms in total. The first-order chi connectivity index (χ1) is 15.4. The number of carbonyl (C=O) groups is 1. The van der Waals surface area contributed by atoms with Crippen LogP contribution in [0.15, 0.2) is 33.9 Å². The Morgan fingerprint density at radius 1 is 1.09 bits per heavy atom. The van der Waals surface area contributed by atoms with E-state index in [1.165, 1.54) is 22.2 Å². The Labute approximate surface area is 183 Å². The number of benzene rings is 1. The van der Waals surface area contributed by atoms with E-state index in [9.17, 15) is 27.2 Å². The Kier molecular flexibility index (Phi) is 6.58. The molecule has 2 N–H and O–H groups in total. The number of carboxylic acid groups (broad SMARTS) is 1. The van der Waals surface area contributed by atoms with E-state index >= 15 is 0 Å². The maximum atomic E-state index is 14.6. The van der Waals surface area contributed by atoms with Crippen LogP contribution in [-0.2, 0) is 18.9 Å². The molecule has 1 fully saturated rings. The molecule has 4 rings (SSSR count). The summed E-state index contributed by atoms with van der Waals surface area (Å²) < 4.78 is 50.2. The smallest absolute Gasteiger partial charge is 0.475 e. The third-order valence-corrected chi connectivity index (χ3v) is 4.98. The lowest BCUT2D eigenvalue weighted by Gasteiger charge is -2.28. The number of aliphatic carboxylic acids is 1. The molecule has 0 spiro atoms. The fourth-order valence-electron chi connectivity index (χ4n) is 3.32. The molecule has 1 aliphatic heterocycles. The second kappa shape index (κ2) is 9.05. The monoisotopic (exact) mass is 472 g/mol. The molecule has 0 bridgehead atoms. The molecule has 178 valence electrons. The summed E-state index contributed by atoms with van der Waals surface area (Å²) in [5.41, 5.74) is -0.296. The zero-order valence-electron chi connectivity index (χ0n) is 17.6. The molecular weight excluding hydrogens is 452 g/mol. The Bertz CT molecular complexity index is 1300. The number of nitrogens with zero attached hydrogens (tertiary/aromatic N) is 5. The lowest BCUT2D eigenvalue weighted by molar-refractivity contribution is -0.192. The van der Waals surface area contributed by atoms with Crippen molar-refractivity contribution in [3.05, 3.63) is 50.9 Å². The van der Waals surface area contributed by atoms with E-state index in [1.54, 1.807) is 25.2 Å². The van der Waals surface area contributed by atoms with Crippen LogP contribution in [0.1, 0.15) is 0 Å². The summed E-state index contributed by atoms with van der Waals surface area (Å²) >= 11 is 0. The average molecular weight is 472 g/mol. The molecule has 1 saturated heterocycles. The second-order valence-corrected chi connectivity index (χ2v) is 7.12. The predicted molar refractivity (Wildman–Crippen MR) is 110 cm³/mol. The summed E-state index contributed by atoms with van der Waals surface area (Å²) in [6.45, 7) is 2.87. The first kappa shape index (κ1) is 24.0. The lowest BCUT2D eigenvalue weighted by Crippen LogP contribution is -2.44. The van der Waals surface area contributed by atoms with E-state index in [0.717, 1.165) is 17.7 Å². The van der Waals surface area contributed by atoms with Gasteiger partial charge in [0.15, 0.2) is 11.2 Å². The molecule has 0 saturated carbocycles. The van der Waals surface area contributed by atoms with E-state index in [0.29, 0.717) is 19.0 Å². The Balaban J connectivity index is 0.000000383. The van der Waals surface area contributed by atoms with E-state index in [2.05, 4.69) is 10.3 Å². The number of carboxylic acids is 1. The van der Waals surface area contributed by atoms with Gasteiger partial charge in [-0.25, -0.2) is 14.0 Å². The van der Waals surface area contributed by atoms with Crippen molar-refractivity contribution in [3.63, 3.8) is 0 Å². The van der Waals surface area contributed by atoms with E-state index < -0.39 is 29.2 Å². The number of aryl methyl sites for hydroxylation is 1. The molecule has 33 heavy (non-hydrogen) atoms. The minimum absolute atomic E-state index is 0.188. The van der Waals surface area contributed by atoms with Gasteiger partial charge in [0.2, 0.25) is 5.95 Å². The number of nitrogens with one attached hydrogen (secondary N) is 1. The van der Waals surface area contributed by atoms with Gasteiger partial charge in [0, 0.05) is 40.3 Å². The fourth-order valence-corrected chi connectivity index (χ4v) is 3.32. The number of hydrogen-bond donors (Lipinski definition) is 2.